The van der Waals surface area contributed by atoms with Gasteiger partial charge in [-0.15, -0.1) is 0 Å². The van der Waals surface area contributed by atoms with Crippen molar-refractivity contribution in [1.82, 2.24) is 0 Å². The summed E-state index contributed by atoms with van der Waals surface area (Å²) in [5.74, 6) is 2.40. The van der Waals surface area contributed by atoms with Gasteiger partial charge in [0.1, 0.15) is 0 Å². The van der Waals surface area contributed by atoms with Crippen LogP contribution in [0.15, 0.2) is 0 Å². The van der Waals surface area contributed by atoms with E-state index in [0.717, 1.165) is 37.6 Å². The Kier molecular flexibility index (Phi) is 13.7. The lowest BCUT2D eigenvalue weighted by Gasteiger charge is -2.10. The molecule has 3 rings (SSSR count). The zero-order chi connectivity index (χ0) is 20.1. The normalized spacial score (nSPS) is 27.7. The quantitative estimate of drug-likeness (QED) is 0.514. The van der Waals surface area contributed by atoms with Gasteiger partial charge in [-0.3, -0.25) is 0 Å². The van der Waals surface area contributed by atoms with Crippen molar-refractivity contribution in [2.45, 2.75) is 118 Å². The summed E-state index contributed by atoms with van der Waals surface area (Å²) in [5, 5.41) is 0. The van der Waals surface area contributed by atoms with E-state index in [2.05, 4.69) is 41.5 Å². The van der Waals surface area contributed by atoms with Crippen LogP contribution in [0, 0.1) is 17.8 Å². The van der Waals surface area contributed by atoms with Crippen molar-refractivity contribution in [3.05, 3.63) is 0 Å². The van der Waals surface area contributed by atoms with E-state index in [1.165, 1.54) is 57.8 Å². The predicted molar refractivity (Wildman–Crippen MR) is 115 cm³/mol. The Morgan fingerprint density at radius 3 is 0.926 bits per heavy atom. The summed E-state index contributed by atoms with van der Waals surface area (Å²) in [7, 11) is 0. The van der Waals surface area contributed by atoms with Gasteiger partial charge in [0.05, 0.1) is 18.3 Å². The lowest BCUT2D eigenvalue weighted by atomic mass is 10.0. The Morgan fingerprint density at radius 1 is 0.519 bits per heavy atom. The van der Waals surface area contributed by atoms with Crippen LogP contribution in [0.3, 0.4) is 0 Å². The Balaban J connectivity index is 0.000000202. The average Bonchev–Trinajstić information content (AvgIpc) is 3.30. The molecular weight excluding hydrogens is 336 g/mol. The fourth-order valence-corrected chi connectivity index (χ4v) is 4.07. The molecule has 3 heterocycles. The van der Waals surface area contributed by atoms with Crippen LogP contribution in [0.1, 0.15) is 99.3 Å². The van der Waals surface area contributed by atoms with Crippen LogP contribution in [0.25, 0.3) is 0 Å². The summed E-state index contributed by atoms with van der Waals surface area (Å²) in [5.41, 5.74) is 0. The lowest BCUT2D eigenvalue weighted by Crippen LogP contribution is -2.07. The molecule has 0 N–H and O–H groups in total. The maximum atomic E-state index is 5.46. The zero-order valence-electron chi connectivity index (χ0n) is 19.2. The molecule has 3 nitrogen and oxygen atoms in total. The van der Waals surface area contributed by atoms with E-state index in [1.807, 2.05) is 0 Å². The smallest absolute Gasteiger partial charge is 0.0578 e. The first-order valence-corrected chi connectivity index (χ1v) is 11.7. The molecule has 0 aromatic carbocycles. The average molecular weight is 385 g/mol. The third-order valence-electron chi connectivity index (χ3n) is 5.27. The molecule has 3 fully saturated rings. The highest BCUT2D eigenvalue weighted by molar-refractivity contribution is 4.67. The second kappa shape index (κ2) is 14.8. The van der Waals surface area contributed by atoms with Crippen LogP contribution in [0.2, 0.25) is 0 Å². The van der Waals surface area contributed by atoms with Gasteiger partial charge >= 0.3 is 0 Å². The third kappa shape index (κ3) is 13.7. The molecule has 27 heavy (non-hydrogen) atoms. The molecule has 3 saturated heterocycles. The van der Waals surface area contributed by atoms with Crippen LogP contribution in [0.5, 0.6) is 0 Å². The van der Waals surface area contributed by atoms with Crippen molar-refractivity contribution < 1.29 is 14.2 Å². The summed E-state index contributed by atoms with van der Waals surface area (Å²) in [6, 6.07) is 0. The molecule has 0 spiro atoms. The van der Waals surface area contributed by atoms with Gasteiger partial charge in [-0.2, -0.15) is 0 Å². The number of hydrogen-bond donors (Lipinski definition) is 0. The molecule has 3 unspecified atom stereocenters. The van der Waals surface area contributed by atoms with Gasteiger partial charge in [-0.05, 0) is 75.5 Å². The molecule has 3 aliphatic heterocycles. The maximum absolute atomic E-state index is 5.46. The van der Waals surface area contributed by atoms with Crippen molar-refractivity contribution in [2.24, 2.45) is 17.8 Å². The van der Waals surface area contributed by atoms with Gasteiger partial charge in [0.2, 0.25) is 0 Å². The molecular formula is C24H48O3. The van der Waals surface area contributed by atoms with Gasteiger partial charge in [-0.25, -0.2) is 0 Å². The highest BCUT2D eigenvalue weighted by Gasteiger charge is 2.17. The molecule has 0 aliphatic carbocycles. The monoisotopic (exact) mass is 384 g/mol. The topological polar surface area (TPSA) is 27.7 Å². The first-order valence-electron chi connectivity index (χ1n) is 11.7. The van der Waals surface area contributed by atoms with E-state index in [1.54, 1.807) is 0 Å². The highest BCUT2D eigenvalue weighted by atomic mass is 16.5. The largest absolute Gasteiger partial charge is 0.378 e. The molecule has 162 valence electrons. The van der Waals surface area contributed by atoms with Crippen molar-refractivity contribution in [2.75, 3.05) is 19.8 Å². The SMILES string of the molecule is CC(C)CC1CCCO1.CC(C)CC1CCCO1.CC(C)CC1CCCO1. The fraction of sp³-hybridized carbons (Fsp3) is 1.00. The summed E-state index contributed by atoms with van der Waals surface area (Å²) in [4.78, 5) is 0. The molecule has 3 heteroatoms. The number of ether oxygens (including phenoxy) is 3. The minimum absolute atomic E-state index is 0.588. The van der Waals surface area contributed by atoms with Crippen LogP contribution in [-0.2, 0) is 14.2 Å². The molecule has 0 amide bonds. The fourth-order valence-electron chi connectivity index (χ4n) is 4.07. The van der Waals surface area contributed by atoms with Crippen molar-refractivity contribution in [3.63, 3.8) is 0 Å². The van der Waals surface area contributed by atoms with Crippen molar-refractivity contribution in [3.8, 4) is 0 Å². The summed E-state index contributed by atoms with van der Waals surface area (Å²) in [6.45, 7) is 16.5. The Bertz CT molecular complexity index is 270. The number of rotatable bonds is 6. The van der Waals surface area contributed by atoms with Gasteiger partial charge in [0.15, 0.2) is 0 Å². The molecule has 0 aromatic heterocycles. The lowest BCUT2D eigenvalue weighted by molar-refractivity contribution is 0.0937. The second-order valence-electron chi connectivity index (χ2n) is 9.79. The van der Waals surface area contributed by atoms with Crippen LogP contribution < -0.4 is 0 Å². The van der Waals surface area contributed by atoms with Gasteiger partial charge < -0.3 is 14.2 Å². The minimum Gasteiger partial charge on any atom is -0.378 e. The van der Waals surface area contributed by atoms with Gasteiger partial charge in [-0.1, -0.05) is 41.5 Å². The Labute approximate surface area is 169 Å². The zero-order valence-corrected chi connectivity index (χ0v) is 19.2. The van der Waals surface area contributed by atoms with Crippen molar-refractivity contribution in [1.29, 1.82) is 0 Å². The molecule has 0 aromatic rings. The van der Waals surface area contributed by atoms with E-state index in [9.17, 15) is 0 Å². The summed E-state index contributed by atoms with van der Waals surface area (Å²) >= 11 is 0. The standard InChI is InChI=1S/3C8H16O/c3*1-7(2)6-8-4-3-5-9-8/h3*7-8H,3-6H2,1-2H3. The molecule has 3 aliphatic rings. The van der Waals surface area contributed by atoms with Crippen LogP contribution in [-0.4, -0.2) is 38.1 Å². The summed E-state index contributed by atoms with van der Waals surface area (Å²) < 4.78 is 16.4. The molecule has 3 atom stereocenters. The number of hydrogen-bond acceptors (Lipinski definition) is 3. The Hall–Kier alpha value is -0.120. The van der Waals surface area contributed by atoms with E-state index in [4.69, 9.17) is 14.2 Å². The molecule has 0 saturated carbocycles. The minimum atomic E-state index is 0.588. The van der Waals surface area contributed by atoms with E-state index >= 15 is 0 Å². The van der Waals surface area contributed by atoms with Gasteiger partial charge in [0.25, 0.3) is 0 Å². The van der Waals surface area contributed by atoms with Crippen LogP contribution >= 0.6 is 0 Å². The first-order chi connectivity index (χ1) is 12.9. The van der Waals surface area contributed by atoms with Crippen molar-refractivity contribution >= 4 is 0 Å². The second-order valence-corrected chi connectivity index (χ2v) is 9.79. The predicted octanol–water partition coefficient (Wildman–Crippen LogP) is 6.63. The molecule has 0 bridgehead atoms. The molecule has 0 radical (unpaired) electrons. The van der Waals surface area contributed by atoms with E-state index in [-0.39, 0.29) is 0 Å². The summed E-state index contributed by atoms with van der Waals surface area (Å²) in [6.07, 6.45) is 13.2. The maximum Gasteiger partial charge on any atom is 0.0578 e. The van der Waals surface area contributed by atoms with E-state index < -0.39 is 0 Å². The van der Waals surface area contributed by atoms with Gasteiger partial charge in [0, 0.05) is 19.8 Å². The van der Waals surface area contributed by atoms with Crippen LogP contribution in [0.4, 0.5) is 0 Å². The van der Waals surface area contributed by atoms with E-state index in [0.29, 0.717) is 18.3 Å². The highest BCUT2D eigenvalue weighted by Crippen LogP contribution is 2.20. The third-order valence-corrected chi connectivity index (χ3v) is 5.27. The Morgan fingerprint density at radius 2 is 0.778 bits per heavy atom. The first kappa shape index (κ1) is 24.9.